The number of nitrogens with zero attached hydrogens (tertiary/aromatic N) is 2. The maximum atomic E-state index is 5.16. The molecular formula is C19H30N4O. The Morgan fingerprint density at radius 2 is 1.96 bits per heavy atom. The molecule has 2 atom stereocenters. The standard InChI is InChI=1S/C19H30N4O/c1-20-19(21-16-8-10-23(11-9-16)12-13-24-2)22-18-14-17(18)15-6-4-3-5-7-15/h3-7,16-18H,8-14H2,1-2H3,(H2,20,21,22). The van der Waals surface area contributed by atoms with E-state index in [2.05, 4.69) is 50.9 Å². The van der Waals surface area contributed by atoms with Crippen molar-refractivity contribution in [3.05, 3.63) is 35.9 Å². The summed E-state index contributed by atoms with van der Waals surface area (Å²) >= 11 is 0. The lowest BCUT2D eigenvalue weighted by molar-refractivity contribution is 0.128. The third-order valence-corrected chi connectivity index (χ3v) is 5.10. The first-order chi connectivity index (χ1) is 11.8. The molecule has 5 nitrogen and oxygen atoms in total. The number of rotatable bonds is 6. The van der Waals surface area contributed by atoms with Crippen molar-refractivity contribution in [3.8, 4) is 0 Å². The second-order valence-electron chi connectivity index (χ2n) is 6.83. The third-order valence-electron chi connectivity index (χ3n) is 5.10. The maximum absolute atomic E-state index is 5.16. The van der Waals surface area contributed by atoms with E-state index in [1.54, 1.807) is 7.11 Å². The summed E-state index contributed by atoms with van der Waals surface area (Å²) in [5, 5.41) is 7.19. The molecule has 132 valence electrons. The average Bonchev–Trinajstić information content (AvgIpc) is 3.40. The van der Waals surface area contributed by atoms with Crippen LogP contribution in [0.1, 0.15) is 30.7 Å². The van der Waals surface area contributed by atoms with Gasteiger partial charge in [0.05, 0.1) is 6.61 Å². The second kappa shape index (κ2) is 8.49. The number of methoxy groups -OCH3 is 1. The molecule has 1 aromatic carbocycles. The van der Waals surface area contributed by atoms with Crippen LogP contribution in [-0.2, 0) is 4.74 Å². The highest BCUT2D eigenvalue weighted by atomic mass is 16.5. The van der Waals surface area contributed by atoms with Crippen molar-refractivity contribution in [1.29, 1.82) is 0 Å². The normalized spacial score (nSPS) is 25.5. The molecule has 0 spiro atoms. The van der Waals surface area contributed by atoms with E-state index < -0.39 is 0 Å². The van der Waals surface area contributed by atoms with Gasteiger partial charge in [-0.1, -0.05) is 30.3 Å². The minimum Gasteiger partial charge on any atom is -0.383 e. The van der Waals surface area contributed by atoms with E-state index in [0.29, 0.717) is 18.0 Å². The lowest BCUT2D eigenvalue weighted by Crippen LogP contribution is -2.49. The maximum Gasteiger partial charge on any atom is 0.191 e. The van der Waals surface area contributed by atoms with Gasteiger partial charge in [-0.25, -0.2) is 0 Å². The highest BCUT2D eigenvalue weighted by Crippen LogP contribution is 2.40. The van der Waals surface area contributed by atoms with Gasteiger partial charge in [0.1, 0.15) is 0 Å². The number of hydrogen-bond acceptors (Lipinski definition) is 3. The Hall–Kier alpha value is -1.59. The predicted molar refractivity (Wildman–Crippen MR) is 98.6 cm³/mol. The fourth-order valence-electron chi connectivity index (χ4n) is 3.48. The molecule has 2 aliphatic rings. The topological polar surface area (TPSA) is 48.9 Å². The Labute approximate surface area is 145 Å². The van der Waals surface area contributed by atoms with Crippen molar-refractivity contribution < 1.29 is 4.74 Å². The molecule has 24 heavy (non-hydrogen) atoms. The zero-order valence-corrected chi connectivity index (χ0v) is 14.9. The Balaban J connectivity index is 1.41. The number of piperidine rings is 1. The van der Waals surface area contributed by atoms with E-state index in [0.717, 1.165) is 45.0 Å². The highest BCUT2D eigenvalue weighted by Gasteiger charge is 2.39. The molecule has 3 rings (SSSR count). The first kappa shape index (κ1) is 17.2. The Morgan fingerprint density at radius 3 is 2.62 bits per heavy atom. The zero-order chi connectivity index (χ0) is 16.8. The molecular weight excluding hydrogens is 300 g/mol. The van der Waals surface area contributed by atoms with Gasteiger partial charge >= 0.3 is 0 Å². The van der Waals surface area contributed by atoms with E-state index in [1.165, 1.54) is 12.0 Å². The Kier molecular flexibility index (Phi) is 6.10. The fourth-order valence-corrected chi connectivity index (χ4v) is 3.48. The van der Waals surface area contributed by atoms with Crippen molar-refractivity contribution in [1.82, 2.24) is 15.5 Å². The first-order valence-electron chi connectivity index (χ1n) is 9.06. The summed E-state index contributed by atoms with van der Waals surface area (Å²) in [5.41, 5.74) is 1.43. The molecule has 2 N–H and O–H groups in total. The van der Waals surface area contributed by atoms with E-state index in [-0.39, 0.29) is 0 Å². The lowest BCUT2D eigenvalue weighted by atomic mass is 10.1. The Bertz CT molecular complexity index is 525. The van der Waals surface area contributed by atoms with E-state index in [4.69, 9.17) is 4.74 Å². The highest BCUT2D eigenvalue weighted by molar-refractivity contribution is 5.80. The van der Waals surface area contributed by atoms with E-state index in [1.807, 2.05) is 7.05 Å². The molecule has 1 aliphatic heterocycles. The van der Waals surface area contributed by atoms with Crippen molar-refractivity contribution in [2.75, 3.05) is 40.4 Å². The van der Waals surface area contributed by atoms with Gasteiger partial charge in [-0.2, -0.15) is 0 Å². The number of aliphatic imine (C=N–C) groups is 1. The molecule has 2 fully saturated rings. The van der Waals surface area contributed by atoms with Crippen LogP contribution >= 0.6 is 0 Å². The van der Waals surface area contributed by atoms with Crippen molar-refractivity contribution in [2.45, 2.75) is 37.3 Å². The van der Waals surface area contributed by atoms with Crippen molar-refractivity contribution >= 4 is 5.96 Å². The van der Waals surface area contributed by atoms with Gasteiger partial charge in [-0.15, -0.1) is 0 Å². The van der Waals surface area contributed by atoms with Gasteiger partial charge in [0.15, 0.2) is 5.96 Å². The Morgan fingerprint density at radius 1 is 1.21 bits per heavy atom. The van der Waals surface area contributed by atoms with Crippen LogP contribution in [0.4, 0.5) is 0 Å². The summed E-state index contributed by atoms with van der Waals surface area (Å²) < 4.78 is 5.16. The lowest BCUT2D eigenvalue weighted by Gasteiger charge is -2.32. The summed E-state index contributed by atoms with van der Waals surface area (Å²) in [6.07, 6.45) is 3.52. The number of hydrogen-bond donors (Lipinski definition) is 2. The minimum absolute atomic E-state index is 0.514. The molecule has 0 aromatic heterocycles. The SMILES string of the molecule is CN=C(NC1CCN(CCOC)CC1)NC1CC1c1ccccc1. The van der Waals surface area contributed by atoms with Gasteiger partial charge in [-0.05, 0) is 24.8 Å². The predicted octanol–water partition coefficient (Wildman–Crippen LogP) is 1.82. The van der Waals surface area contributed by atoms with E-state index >= 15 is 0 Å². The van der Waals surface area contributed by atoms with Crippen LogP contribution in [0.2, 0.25) is 0 Å². The van der Waals surface area contributed by atoms with Crippen molar-refractivity contribution in [2.24, 2.45) is 4.99 Å². The molecule has 1 heterocycles. The summed E-state index contributed by atoms with van der Waals surface area (Å²) in [6, 6.07) is 11.8. The molecule has 1 saturated carbocycles. The van der Waals surface area contributed by atoms with Gasteiger partial charge in [0.2, 0.25) is 0 Å². The molecule has 0 amide bonds. The van der Waals surface area contributed by atoms with Crippen LogP contribution < -0.4 is 10.6 Å². The second-order valence-corrected chi connectivity index (χ2v) is 6.83. The molecule has 1 aromatic rings. The van der Waals surface area contributed by atoms with Crippen LogP contribution in [0, 0.1) is 0 Å². The van der Waals surface area contributed by atoms with Gasteiger partial charge < -0.3 is 20.3 Å². The summed E-state index contributed by atoms with van der Waals surface area (Å²) in [7, 11) is 3.63. The van der Waals surface area contributed by atoms with Crippen LogP contribution in [0.5, 0.6) is 0 Å². The largest absolute Gasteiger partial charge is 0.383 e. The molecule has 2 unspecified atom stereocenters. The summed E-state index contributed by atoms with van der Waals surface area (Å²) in [6.45, 7) is 4.13. The summed E-state index contributed by atoms with van der Waals surface area (Å²) in [5.74, 6) is 1.58. The smallest absolute Gasteiger partial charge is 0.191 e. The molecule has 0 bridgehead atoms. The minimum atomic E-state index is 0.514. The number of benzene rings is 1. The number of likely N-dealkylation sites (tertiary alicyclic amines) is 1. The number of guanidine groups is 1. The van der Waals surface area contributed by atoms with Gasteiger partial charge in [0, 0.05) is 51.8 Å². The van der Waals surface area contributed by atoms with Gasteiger partial charge in [-0.3, -0.25) is 4.99 Å². The molecule has 1 aliphatic carbocycles. The third kappa shape index (κ3) is 4.71. The molecule has 5 heteroatoms. The monoisotopic (exact) mass is 330 g/mol. The quantitative estimate of drug-likeness (QED) is 0.617. The summed E-state index contributed by atoms with van der Waals surface area (Å²) in [4.78, 5) is 6.90. The van der Waals surface area contributed by atoms with Gasteiger partial charge in [0.25, 0.3) is 0 Å². The van der Waals surface area contributed by atoms with Crippen molar-refractivity contribution in [3.63, 3.8) is 0 Å². The van der Waals surface area contributed by atoms with Crippen LogP contribution in [0.15, 0.2) is 35.3 Å². The first-order valence-corrected chi connectivity index (χ1v) is 9.06. The van der Waals surface area contributed by atoms with E-state index in [9.17, 15) is 0 Å². The van der Waals surface area contributed by atoms with Crippen LogP contribution in [0.25, 0.3) is 0 Å². The molecule has 1 saturated heterocycles. The number of nitrogens with one attached hydrogen (secondary N) is 2. The zero-order valence-electron chi connectivity index (χ0n) is 14.9. The molecule has 0 radical (unpaired) electrons. The fraction of sp³-hybridized carbons (Fsp3) is 0.632. The number of ether oxygens (including phenoxy) is 1. The average molecular weight is 330 g/mol. The van der Waals surface area contributed by atoms with Crippen LogP contribution in [-0.4, -0.2) is 63.3 Å². The van der Waals surface area contributed by atoms with Crippen LogP contribution in [0.3, 0.4) is 0 Å².